The van der Waals surface area contributed by atoms with E-state index < -0.39 is 0 Å². The van der Waals surface area contributed by atoms with Crippen molar-refractivity contribution in [3.8, 4) is 0 Å². The molecule has 0 atom stereocenters. The molecule has 1 nitrogen and oxygen atoms in total. The van der Waals surface area contributed by atoms with Crippen molar-refractivity contribution in [3.63, 3.8) is 0 Å². The monoisotopic (exact) mass is 209 g/mol. The van der Waals surface area contributed by atoms with Crippen LogP contribution in [0.2, 0.25) is 0 Å². The van der Waals surface area contributed by atoms with Gasteiger partial charge in [0, 0.05) is 5.56 Å². The largest absolute Gasteiger partial charge is 0.298 e. The van der Waals surface area contributed by atoms with Crippen molar-refractivity contribution in [2.75, 3.05) is 0 Å². The second-order valence-electron chi connectivity index (χ2n) is 2.95. The van der Waals surface area contributed by atoms with Crippen LogP contribution >= 0.6 is 11.8 Å². The van der Waals surface area contributed by atoms with Crippen LogP contribution in [-0.2, 0) is 0 Å². The average molecular weight is 209 g/mol. The van der Waals surface area contributed by atoms with E-state index in [1.54, 1.807) is 24.5 Å². The molecular formula is C11H12FNS. The fourth-order valence-corrected chi connectivity index (χ4v) is 1.47. The summed E-state index contributed by atoms with van der Waals surface area (Å²) in [7, 11) is 0. The smallest absolute Gasteiger partial charge is 0.130 e. The highest BCUT2D eigenvalue weighted by Gasteiger charge is 2.00. The van der Waals surface area contributed by atoms with E-state index in [1.807, 2.05) is 13.0 Å². The van der Waals surface area contributed by atoms with E-state index in [0.29, 0.717) is 10.6 Å². The van der Waals surface area contributed by atoms with Gasteiger partial charge < -0.3 is 0 Å². The Morgan fingerprint density at radius 2 is 2.21 bits per heavy atom. The van der Waals surface area contributed by atoms with Crippen LogP contribution in [0.4, 0.5) is 4.39 Å². The molecule has 0 aliphatic carbocycles. The predicted molar refractivity (Wildman–Crippen MR) is 61.2 cm³/mol. The highest BCUT2D eigenvalue weighted by molar-refractivity contribution is 8.16. The van der Waals surface area contributed by atoms with Gasteiger partial charge in [0.25, 0.3) is 0 Å². The van der Waals surface area contributed by atoms with E-state index in [-0.39, 0.29) is 5.82 Å². The number of nitrogens with one attached hydrogen (secondary N) is 1. The Bertz CT molecular complexity index is 351. The summed E-state index contributed by atoms with van der Waals surface area (Å²) < 4.78 is 13.3. The van der Waals surface area contributed by atoms with Gasteiger partial charge in [-0.25, -0.2) is 4.39 Å². The highest BCUT2D eigenvalue weighted by Crippen LogP contribution is 2.16. The van der Waals surface area contributed by atoms with Crippen LogP contribution in [0.3, 0.4) is 0 Å². The maximum atomic E-state index is 13.3. The van der Waals surface area contributed by atoms with Gasteiger partial charge in [0.1, 0.15) is 5.82 Å². The van der Waals surface area contributed by atoms with Crippen LogP contribution in [0.5, 0.6) is 0 Å². The molecule has 0 amide bonds. The molecule has 1 aromatic rings. The number of thioether (sulfide) groups is 1. The first kappa shape index (κ1) is 11.0. The SMILES string of the molecule is CC(=N)S/C=C/c1c(C)cccc1F. The van der Waals surface area contributed by atoms with Gasteiger partial charge in [-0.1, -0.05) is 23.9 Å². The number of rotatable bonds is 2. The van der Waals surface area contributed by atoms with Crippen molar-refractivity contribution in [2.45, 2.75) is 13.8 Å². The average Bonchev–Trinajstić information content (AvgIpc) is 2.09. The minimum atomic E-state index is -0.218. The van der Waals surface area contributed by atoms with Gasteiger partial charge in [-0.3, -0.25) is 5.41 Å². The zero-order valence-electron chi connectivity index (χ0n) is 8.17. The van der Waals surface area contributed by atoms with E-state index in [4.69, 9.17) is 5.41 Å². The van der Waals surface area contributed by atoms with E-state index in [0.717, 1.165) is 5.56 Å². The lowest BCUT2D eigenvalue weighted by Gasteiger charge is -2.00. The third-order valence-corrected chi connectivity index (χ3v) is 2.38. The molecule has 0 unspecified atom stereocenters. The fourth-order valence-electron chi connectivity index (χ4n) is 1.06. The minimum Gasteiger partial charge on any atom is -0.298 e. The lowest BCUT2D eigenvalue weighted by molar-refractivity contribution is 0.624. The molecule has 0 aromatic heterocycles. The number of aryl methyl sites for hydroxylation is 1. The molecule has 1 N–H and O–H groups in total. The summed E-state index contributed by atoms with van der Waals surface area (Å²) in [4.78, 5) is 0. The molecule has 0 saturated carbocycles. The molecule has 0 fully saturated rings. The zero-order valence-corrected chi connectivity index (χ0v) is 8.99. The van der Waals surface area contributed by atoms with Crippen molar-refractivity contribution in [1.29, 1.82) is 5.41 Å². The molecule has 0 radical (unpaired) electrons. The minimum absolute atomic E-state index is 0.218. The molecule has 0 heterocycles. The summed E-state index contributed by atoms with van der Waals surface area (Å²) in [6, 6.07) is 5.00. The number of hydrogen-bond acceptors (Lipinski definition) is 2. The Labute approximate surface area is 87.5 Å². The first-order valence-corrected chi connectivity index (χ1v) is 5.12. The normalized spacial score (nSPS) is 10.8. The topological polar surface area (TPSA) is 23.9 Å². The van der Waals surface area contributed by atoms with Gasteiger partial charge in [0.15, 0.2) is 0 Å². The van der Waals surface area contributed by atoms with Gasteiger partial charge in [-0.2, -0.15) is 0 Å². The summed E-state index contributed by atoms with van der Waals surface area (Å²) in [6.07, 6.45) is 1.70. The van der Waals surface area contributed by atoms with Crippen LogP contribution in [0.1, 0.15) is 18.1 Å². The maximum absolute atomic E-state index is 13.3. The van der Waals surface area contributed by atoms with Gasteiger partial charge in [0.05, 0.1) is 5.04 Å². The predicted octanol–water partition coefficient (Wildman–Crippen LogP) is 3.84. The van der Waals surface area contributed by atoms with Crippen molar-refractivity contribution in [1.82, 2.24) is 0 Å². The molecule has 74 valence electrons. The summed E-state index contributed by atoms with van der Waals surface area (Å²) in [5, 5.41) is 9.41. The third-order valence-electron chi connectivity index (χ3n) is 1.75. The van der Waals surface area contributed by atoms with E-state index >= 15 is 0 Å². The molecule has 0 aliphatic heterocycles. The maximum Gasteiger partial charge on any atom is 0.130 e. The molecule has 0 spiro atoms. The van der Waals surface area contributed by atoms with Crippen LogP contribution in [0, 0.1) is 18.2 Å². The van der Waals surface area contributed by atoms with Crippen molar-refractivity contribution >= 4 is 22.9 Å². The molecule has 0 aliphatic rings. The molecule has 1 aromatic carbocycles. The fraction of sp³-hybridized carbons (Fsp3) is 0.182. The Morgan fingerprint density at radius 3 is 2.79 bits per heavy atom. The molecular weight excluding hydrogens is 197 g/mol. The summed E-state index contributed by atoms with van der Waals surface area (Å²) >= 11 is 1.28. The Balaban J connectivity index is 2.85. The molecule has 0 bridgehead atoms. The Hall–Kier alpha value is -1.09. The van der Waals surface area contributed by atoms with Gasteiger partial charge in [-0.05, 0) is 37.0 Å². The standard InChI is InChI=1S/C11H12FNS/c1-8-4-3-5-11(12)10(8)6-7-14-9(2)13/h3-7,13H,1-2H3/b7-6+,13-9?. The lowest BCUT2D eigenvalue weighted by atomic mass is 10.1. The van der Waals surface area contributed by atoms with Crippen LogP contribution in [-0.4, -0.2) is 5.04 Å². The summed E-state index contributed by atoms with van der Waals surface area (Å²) in [5.74, 6) is -0.218. The quantitative estimate of drug-likeness (QED) is 0.580. The van der Waals surface area contributed by atoms with Crippen molar-refractivity contribution in [2.24, 2.45) is 0 Å². The first-order valence-electron chi connectivity index (χ1n) is 4.24. The van der Waals surface area contributed by atoms with Gasteiger partial charge in [-0.15, -0.1) is 0 Å². The number of halogens is 1. The number of benzene rings is 1. The van der Waals surface area contributed by atoms with Crippen LogP contribution in [0.15, 0.2) is 23.6 Å². The van der Waals surface area contributed by atoms with E-state index in [9.17, 15) is 4.39 Å². The Morgan fingerprint density at radius 1 is 1.50 bits per heavy atom. The molecule has 1 rings (SSSR count). The first-order chi connectivity index (χ1) is 6.61. The summed E-state index contributed by atoms with van der Waals surface area (Å²) in [5.41, 5.74) is 1.51. The zero-order chi connectivity index (χ0) is 10.6. The lowest BCUT2D eigenvalue weighted by Crippen LogP contribution is -1.85. The number of hydrogen-bond donors (Lipinski definition) is 1. The van der Waals surface area contributed by atoms with Gasteiger partial charge >= 0.3 is 0 Å². The molecule has 3 heteroatoms. The van der Waals surface area contributed by atoms with E-state index in [2.05, 4.69) is 0 Å². The van der Waals surface area contributed by atoms with Crippen molar-refractivity contribution in [3.05, 3.63) is 40.6 Å². The van der Waals surface area contributed by atoms with E-state index in [1.165, 1.54) is 17.8 Å². The van der Waals surface area contributed by atoms with Gasteiger partial charge in [0.2, 0.25) is 0 Å². The highest BCUT2D eigenvalue weighted by atomic mass is 32.2. The third kappa shape index (κ3) is 3.00. The van der Waals surface area contributed by atoms with Crippen molar-refractivity contribution < 1.29 is 4.39 Å². The summed E-state index contributed by atoms with van der Waals surface area (Å²) in [6.45, 7) is 3.56. The second-order valence-corrected chi connectivity index (χ2v) is 4.07. The molecule has 0 saturated heterocycles. The van der Waals surface area contributed by atoms with Crippen LogP contribution in [0.25, 0.3) is 6.08 Å². The van der Waals surface area contributed by atoms with Crippen LogP contribution < -0.4 is 0 Å². The Kier molecular flexibility index (Phi) is 3.89. The second kappa shape index (κ2) is 4.96. The molecule has 14 heavy (non-hydrogen) atoms.